The Morgan fingerprint density at radius 1 is 1.38 bits per heavy atom. The van der Waals surface area contributed by atoms with E-state index < -0.39 is 0 Å². The highest BCUT2D eigenvalue weighted by atomic mass is 16.2. The number of hydrogen-bond acceptors (Lipinski definition) is 3. The van der Waals surface area contributed by atoms with E-state index in [4.69, 9.17) is 0 Å². The van der Waals surface area contributed by atoms with Gasteiger partial charge in [-0.3, -0.25) is 14.3 Å². The van der Waals surface area contributed by atoms with Crippen LogP contribution in [0.2, 0.25) is 0 Å². The second-order valence-electron chi connectivity index (χ2n) is 5.98. The third-order valence-electron chi connectivity index (χ3n) is 4.54. The summed E-state index contributed by atoms with van der Waals surface area (Å²) in [6.45, 7) is 2.53. The summed E-state index contributed by atoms with van der Waals surface area (Å²) in [7, 11) is 1.89. The van der Waals surface area contributed by atoms with Gasteiger partial charge in [-0.05, 0) is 31.2 Å². The first-order valence-corrected chi connectivity index (χ1v) is 7.69. The van der Waals surface area contributed by atoms with Crippen molar-refractivity contribution in [2.24, 2.45) is 13.0 Å². The third kappa shape index (κ3) is 2.66. The van der Waals surface area contributed by atoms with E-state index in [9.17, 15) is 9.59 Å². The maximum atomic E-state index is 12.7. The van der Waals surface area contributed by atoms with Crippen molar-refractivity contribution in [2.45, 2.75) is 44.7 Å². The Morgan fingerprint density at radius 3 is 2.71 bits per heavy atom. The van der Waals surface area contributed by atoms with Gasteiger partial charge in [0, 0.05) is 31.9 Å². The molecule has 2 atom stereocenters. The number of nitrogens with one attached hydrogen (secondary N) is 1. The summed E-state index contributed by atoms with van der Waals surface area (Å²) < 4.78 is 1.81. The molecule has 0 bridgehead atoms. The van der Waals surface area contributed by atoms with Crippen molar-refractivity contribution < 1.29 is 9.59 Å². The largest absolute Gasteiger partial charge is 0.342 e. The average Bonchev–Trinajstić information content (AvgIpc) is 3.22. The van der Waals surface area contributed by atoms with Crippen LogP contribution in [0.4, 0.5) is 0 Å². The normalized spacial score (nSPS) is 26.1. The van der Waals surface area contributed by atoms with Crippen LogP contribution < -0.4 is 5.32 Å². The summed E-state index contributed by atoms with van der Waals surface area (Å²) in [5.74, 6) is 0.434. The van der Waals surface area contributed by atoms with Crippen molar-refractivity contribution in [1.29, 1.82) is 0 Å². The average molecular weight is 290 g/mol. The maximum Gasteiger partial charge on any atom is 0.246 e. The summed E-state index contributed by atoms with van der Waals surface area (Å²) in [4.78, 5) is 26.7. The van der Waals surface area contributed by atoms with Crippen molar-refractivity contribution in [3.05, 3.63) is 18.0 Å². The van der Waals surface area contributed by atoms with Gasteiger partial charge in [0.25, 0.3) is 0 Å². The monoisotopic (exact) mass is 290 g/mol. The molecule has 2 unspecified atom stereocenters. The zero-order chi connectivity index (χ0) is 15.0. The van der Waals surface area contributed by atoms with Gasteiger partial charge in [-0.15, -0.1) is 0 Å². The molecule has 6 heteroatoms. The molecule has 2 aliphatic rings. The molecule has 0 radical (unpaired) electrons. The topological polar surface area (TPSA) is 67.2 Å². The van der Waals surface area contributed by atoms with Gasteiger partial charge in [0.05, 0.1) is 0 Å². The molecule has 1 aliphatic carbocycles. The molecule has 21 heavy (non-hydrogen) atoms. The number of piperazine rings is 1. The summed E-state index contributed by atoms with van der Waals surface area (Å²) in [5, 5.41) is 7.06. The molecule has 2 fully saturated rings. The molecule has 1 aliphatic heterocycles. The predicted molar refractivity (Wildman–Crippen MR) is 77.4 cm³/mol. The van der Waals surface area contributed by atoms with Gasteiger partial charge >= 0.3 is 0 Å². The number of aryl methyl sites for hydroxylation is 1. The number of hydrogen-bond donors (Lipinski definition) is 1. The Labute approximate surface area is 124 Å². The standard InChI is InChI=1S/C15H22N4O2/c1-3-12-14(20)17-13(10-4-5-10)15(21)19(12)9-7-11-6-8-16-18(11)2/h6,8,10,12-13H,3-5,7,9H2,1-2H3,(H,17,20). The first kappa shape index (κ1) is 14.1. The molecule has 1 aromatic heterocycles. The van der Waals surface area contributed by atoms with Gasteiger partial charge < -0.3 is 10.2 Å². The lowest BCUT2D eigenvalue weighted by atomic mass is 10.0. The highest BCUT2D eigenvalue weighted by Gasteiger charge is 2.46. The van der Waals surface area contributed by atoms with Gasteiger partial charge in [0.15, 0.2) is 0 Å². The molecule has 0 spiro atoms. The van der Waals surface area contributed by atoms with Crippen LogP contribution in [-0.2, 0) is 23.1 Å². The number of aromatic nitrogens is 2. The van der Waals surface area contributed by atoms with Crippen molar-refractivity contribution in [3.63, 3.8) is 0 Å². The summed E-state index contributed by atoms with van der Waals surface area (Å²) in [5.41, 5.74) is 1.08. The van der Waals surface area contributed by atoms with Crippen LogP contribution in [0.3, 0.4) is 0 Å². The number of carbonyl (C=O) groups is 2. The predicted octanol–water partition coefficient (Wildman–Crippen LogP) is 0.478. The van der Waals surface area contributed by atoms with E-state index in [1.165, 1.54) is 0 Å². The molecule has 1 saturated carbocycles. The fraction of sp³-hybridized carbons (Fsp3) is 0.667. The van der Waals surface area contributed by atoms with E-state index in [1.54, 1.807) is 11.1 Å². The van der Waals surface area contributed by atoms with Crippen LogP contribution in [0, 0.1) is 5.92 Å². The summed E-state index contributed by atoms with van der Waals surface area (Å²) >= 11 is 0. The Balaban J connectivity index is 1.73. The summed E-state index contributed by atoms with van der Waals surface area (Å²) in [6, 6.07) is 1.32. The molecule has 2 heterocycles. The Morgan fingerprint density at radius 2 is 2.14 bits per heavy atom. The molecule has 114 valence electrons. The van der Waals surface area contributed by atoms with Crippen molar-refractivity contribution in [1.82, 2.24) is 20.0 Å². The third-order valence-corrected chi connectivity index (χ3v) is 4.54. The number of carbonyl (C=O) groups excluding carboxylic acids is 2. The number of nitrogens with zero attached hydrogens (tertiary/aromatic N) is 3. The molecule has 1 aromatic rings. The van der Waals surface area contributed by atoms with E-state index in [2.05, 4.69) is 10.4 Å². The Kier molecular flexibility index (Phi) is 3.69. The second kappa shape index (κ2) is 5.50. The molecule has 0 aromatic carbocycles. The first-order valence-electron chi connectivity index (χ1n) is 7.69. The second-order valence-corrected chi connectivity index (χ2v) is 5.98. The quantitative estimate of drug-likeness (QED) is 0.857. The molecule has 2 amide bonds. The SMILES string of the molecule is CCC1C(=O)NC(C2CC2)C(=O)N1CCc1ccnn1C. The minimum atomic E-state index is -0.333. The zero-order valence-electron chi connectivity index (χ0n) is 12.6. The fourth-order valence-corrected chi connectivity index (χ4v) is 3.09. The minimum absolute atomic E-state index is 0.000920. The van der Waals surface area contributed by atoms with E-state index in [0.29, 0.717) is 18.9 Å². The molecule has 6 nitrogen and oxygen atoms in total. The van der Waals surface area contributed by atoms with Gasteiger partial charge in [0.1, 0.15) is 12.1 Å². The van der Waals surface area contributed by atoms with E-state index >= 15 is 0 Å². The van der Waals surface area contributed by atoms with Crippen LogP contribution in [-0.4, -0.2) is 45.1 Å². The van der Waals surface area contributed by atoms with E-state index in [-0.39, 0.29) is 23.9 Å². The first-order chi connectivity index (χ1) is 10.1. The van der Waals surface area contributed by atoms with Gasteiger partial charge in [0.2, 0.25) is 11.8 Å². The van der Waals surface area contributed by atoms with Crippen molar-refractivity contribution in [3.8, 4) is 0 Å². The number of rotatable bonds is 5. The summed E-state index contributed by atoms with van der Waals surface area (Å²) in [6.07, 6.45) is 5.22. The van der Waals surface area contributed by atoms with Gasteiger partial charge in [-0.25, -0.2) is 0 Å². The zero-order valence-corrected chi connectivity index (χ0v) is 12.6. The van der Waals surface area contributed by atoms with Gasteiger partial charge in [-0.1, -0.05) is 6.92 Å². The lowest BCUT2D eigenvalue weighted by molar-refractivity contribution is -0.150. The minimum Gasteiger partial charge on any atom is -0.342 e. The molecule has 1 N–H and O–H groups in total. The lowest BCUT2D eigenvalue weighted by Gasteiger charge is -2.38. The molecule has 3 rings (SSSR count). The highest BCUT2D eigenvalue weighted by Crippen LogP contribution is 2.35. The van der Waals surface area contributed by atoms with Crippen LogP contribution in [0.25, 0.3) is 0 Å². The van der Waals surface area contributed by atoms with Crippen molar-refractivity contribution >= 4 is 11.8 Å². The fourth-order valence-electron chi connectivity index (χ4n) is 3.09. The van der Waals surface area contributed by atoms with E-state index in [0.717, 1.165) is 25.0 Å². The van der Waals surface area contributed by atoms with Crippen LogP contribution in [0.1, 0.15) is 31.9 Å². The van der Waals surface area contributed by atoms with Crippen LogP contribution in [0.15, 0.2) is 12.3 Å². The highest BCUT2D eigenvalue weighted by molar-refractivity contribution is 5.97. The Hall–Kier alpha value is -1.85. The van der Waals surface area contributed by atoms with Crippen molar-refractivity contribution in [2.75, 3.05) is 6.54 Å². The lowest BCUT2D eigenvalue weighted by Crippen LogP contribution is -2.64. The van der Waals surface area contributed by atoms with Crippen LogP contribution >= 0.6 is 0 Å². The molecule has 1 saturated heterocycles. The van der Waals surface area contributed by atoms with E-state index in [1.807, 2.05) is 24.7 Å². The van der Waals surface area contributed by atoms with Gasteiger partial charge in [-0.2, -0.15) is 5.10 Å². The van der Waals surface area contributed by atoms with Crippen LogP contribution in [0.5, 0.6) is 0 Å². The maximum absolute atomic E-state index is 12.7. The number of amides is 2. The Bertz CT molecular complexity index is 550. The smallest absolute Gasteiger partial charge is 0.246 e. The molecular formula is C15H22N4O2. The molecular weight excluding hydrogens is 268 g/mol.